The molecule has 0 aromatic heterocycles. The zero-order valence-corrected chi connectivity index (χ0v) is 14.9. The van der Waals surface area contributed by atoms with Crippen LogP contribution in [0, 0.1) is 0 Å². The fraction of sp³-hybridized carbons (Fsp3) is 0.500. The van der Waals surface area contributed by atoms with E-state index in [-0.39, 0.29) is 26.1 Å². The first-order valence-corrected chi connectivity index (χ1v) is 8.48. The van der Waals surface area contributed by atoms with E-state index < -0.39 is 28.2 Å². The molecule has 128 valence electrons. The normalized spacial score (nSPS) is 12.5. The summed E-state index contributed by atoms with van der Waals surface area (Å²) in [6.45, 7) is 1.54. The minimum atomic E-state index is -3.53. The minimum Gasteiger partial charge on any atom is -0.462 e. The van der Waals surface area contributed by atoms with E-state index in [2.05, 4.69) is 4.74 Å². The van der Waals surface area contributed by atoms with Crippen LogP contribution in [0.4, 0.5) is 8.78 Å². The molecular formula is C16H19F2IO4. The summed E-state index contributed by atoms with van der Waals surface area (Å²) in [5.74, 6) is -5.50. The van der Waals surface area contributed by atoms with Gasteiger partial charge in [-0.1, -0.05) is 52.9 Å². The van der Waals surface area contributed by atoms with Crippen LogP contribution in [-0.2, 0) is 25.7 Å². The molecule has 1 rings (SSSR count). The highest BCUT2D eigenvalue weighted by molar-refractivity contribution is 14.1. The van der Waals surface area contributed by atoms with Crippen LogP contribution >= 0.6 is 22.6 Å². The van der Waals surface area contributed by atoms with Crippen LogP contribution in [-0.4, -0.2) is 28.4 Å². The third-order valence-corrected chi connectivity index (χ3v) is 4.02. The number of benzene rings is 1. The van der Waals surface area contributed by atoms with Gasteiger partial charge < -0.3 is 9.47 Å². The summed E-state index contributed by atoms with van der Waals surface area (Å²) in [5.41, 5.74) is 0.862. The Morgan fingerprint density at radius 2 is 1.87 bits per heavy atom. The van der Waals surface area contributed by atoms with Gasteiger partial charge in [-0.05, 0) is 18.9 Å². The van der Waals surface area contributed by atoms with Crippen molar-refractivity contribution in [2.24, 2.45) is 0 Å². The van der Waals surface area contributed by atoms with Crippen molar-refractivity contribution in [2.45, 2.75) is 42.6 Å². The SMILES string of the molecule is CCOC(=O)C(F)(F)CC(I)CCC(=O)OCc1ccccc1. The number of hydrogen-bond donors (Lipinski definition) is 0. The van der Waals surface area contributed by atoms with Crippen molar-refractivity contribution < 1.29 is 27.8 Å². The predicted octanol–water partition coefficient (Wildman–Crippen LogP) is 3.90. The second kappa shape index (κ2) is 9.79. The predicted molar refractivity (Wildman–Crippen MR) is 89.5 cm³/mol. The van der Waals surface area contributed by atoms with Crippen molar-refractivity contribution in [3.05, 3.63) is 35.9 Å². The van der Waals surface area contributed by atoms with Crippen LogP contribution in [0.3, 0.4) is 0 Å². The Bertz CT molecular complexity index is 508. The minimum absolute atomic E-state index is 0.0271. The molecule has 0 heterocycles. The van der Waals surface area contributed by atoms with Gasteiger partial charge in [-0.3, -0.25) is 4.79 Å². The number of halogens is 3. The molecule has 0 aliphatic carbocycles. The molecule has 0 aliphatic heterocycles. The smallest absolute Gasteiger partial charge is 0.377 e. The maximum atomic E-state index is 13.6. The van der Waals surface area contributed by atoms with E-state index in [1.807, 2.05) is 30.3 Å². The van der Waals surface area contributed by atoms with Gasteiger partial charge in [0.2, 0.25) is 0 Å². The maximum absolute atomic E-state index is 13.6. The summed E-state index contributed by atoms with van der Waals surface area (Å²) < 4.78 is 36.0. The quantitative estimate of drug-likeness (QED) is 0.332. The molecule has 0 amide bonds. The van der Waals surface area contributed by atoms with Crippen molar-refractivity contribution in [3.63, 3.8) is 0 Å². The molecule has 0 bridgehead atoms. The molecule has 1 aromatic carbocycles. The van der Waals surface area contributed by atoms with Crippen LogP contribution in [0.2, 0.25) is 0 Å². The second-order valence-electron chi connectivity index (χ2n) is 4.91. The molecular weight excluding hydrogens is 421 g/mol. The molecule has 0 spiro atoms. The number of alkyl halides is 3. The molecule has 1 unspecified atom stereocenters. The molecule has 0 N–H and O–H groups in total. The van der Waals surface area contributed by atoms with Gasteiger partial charge >= 0.3 is 17.9 Å². The van der Waals surface area contributed by atoms with Gasteiger partial charge in [-0.2, -0.15) is 8.78 Å². The maximum Gasteiger partial charge on any atom is 0.377 e. The third-order valence-electron chi connectivity index (χ3n) is 2.96. The van der Waals surface area contributed by atoms with Gasteiger partial charge in [0.05, 0.1) is 6.61 Å². The first-order chi connectivity index (χ1) is 10.8. The van der Waals surface area contributed by atoms with Crippen molar-refractivity contribution in [1.82, 2.24) is 0 Å². The average Bonchev–Trinajstić information content (AvgIpc) is 2.51. The van der Waals surface area contributed by atoms with E-state index >= 15 is 0 Å². The van der Waals surface area contributed by atoms with Crippen molar-refractivity contribution in [1.29, 1.82) is 0 Å². The molecule has 1 aromatic rings. The Balaban J connectivity index is 2.30. The highest BCUT2D eigenvalue weighted by Gasteiger charge is 2.42. The Morgan fingerprint density at radius 3 is 2.48 bits per heavy atom. The van der Waals surface area contributed by atoms with Crippen LogP contribution in [0.1, 0.15) is 31.7 Å². The standard InChI is InChI=1S/C16H19F2IO4/c1-2-22-15(21)16(17,18)10-13(19)8-9-14(20)23-11-12-6-4-3-5-7-12/h3-7,13H,2,8-11H2,1H3. The zero-order chi connectivity index (χ0) is 17.3. The highest BCUT2D eigenvalue weighted by Crippen LogP contribution is 2.28. The largest absolute Gasteiger partial charge is 0.462 e. The van der Waals surface area contributed by atoms with Crippen LogP contribution < -0.4 is 0 Å². The number of carbonyl (C=O) groups excluding carboxylic acids is 2. The lowest BCUT2D eigenvalue weighted by molar-refractivity contribution is -0.172. The average molecular weight is 440 g/mol. The molecule has 23 heavy (non-hydrogen) atoms. The lowest BCUT2D eigenvalue weighted by Crippen LogP contribution is -2.33. The summed E-state index contributed by atoms with van der Waals surface area (Å²) in [7, 11) is 0. The number of hydrogen-bond acceptors (Lipinski definition) is 4. The van der Waals surface area contributed by atoms with Gasteiger partial charge in [0.1, 0.15) is 6.61 Å². The topological polar surface area (TPSA) is 52.6 Å². The zero-order valence-electron chi connectivity index (χ0n) is 12.8. The summed E-state index contributed by atoms with van der Waals surface area (Å²) in [5, 5.41) is 0. The highest BCUT2D eigenvalue weighted by atomic mass is 127. The molecule has 4 nitrogen and oxygen atoms in total. The first kappa shape index (κ1) is 19.8. The Labute approximate surface area is 147 Å². The molecule has 0 aliphatic rings. The van der Waals surface area contributed by atoms with Crippen molar-refractivity contribution >= 4 is 34.5 Å². The van der Waals surface area contributed by atoms with E-state index in [1.54, 1.807) is 22.6 Å². The summed E-state index contributed by atoms with van der Waals surface area (Å²) in [6.07, 6.45) is -0.416. The first-order valence-electron chi connectivity index (χ1n) is 7.23. The number of esters is 2. The Kier molecular flexibility index (Phi) is 8.43. The monoisotopic (exact) mass is 440 g/mol. The van der Waals surface area contributed by atoms with Crippen LogP contribution in [0.25, 0.3) is 0 Å². The molecule has 0 saturated carbocycles. The van der Waals surface area contributed by atoms with Gasteiger partial charge in [0.25, 0.3) is 0 Å². The Hall–Kier alpha value is -1.25. The number of rotatable bonds is 9. The second-order valence-corrected chi connectivity index (χ2v) is 6.67. The molecule has 0 saturated heterocycles. The lowest BCUT2D eigenvalue weighted by Gasteiger charge is -2.17. The van der Waals surface area contributed by atoms with Crippen molar-refractivity contribution in [3.8, 4) is 0 Å². The number of ether oxygens (including phenoxy) is 2. The summed E-state index contributed by atoms with van der Waals surface area (Å²) in [6, 6.07) is 9.18. The summed E-state index contributed by atoms with van der Waals surface area (Å²) in [4.78, 5) is 22.7. The third kappa shape index (κ3) is 7.71. The number of carbonyl (C=O) groups is 2. The molecule has 0 radical (unpaired) electrons. The lowest BCUT2D eigenvalue weighted by atomic mass is 10.1. The molecule has 1 atom stereocenters. The van der Waals surface area contributed by atoms with E-state index in [4.69, 9.17) is 4.74 Å². The molecule has 7 heteroatoms. The van der Waals surface area contributed by atoms with E-state index in [1.165, 1.54) is 6.92 Å². The van der Waals surface area contributed by atoms with Gasteiger partial charge in [-0.15, -0.1) is 0 Å². The van der Waals surface area contributed by atoms with E-state index in [9.17, 15) is 18.4 Å². The molecule has 0 fully saturated rings. The van der Waals surface area contributed by atoms with Crippen LogP contribution in [0.5, 0.6) is 0 Å². The summed E-state index contributed by atoms with van der Waals surface area (Å²) >= 11 is 1.81. The van der Waals surface area contributed by atoms with E-state index in [0.29, 0.717) is 0 Å². The Morgan fingerprint density at radius 1 is 1.22 bits per heavy atom. The van der Waals surface area contributed by atoms with E-state index in [0.717, 1.165) is 5.56 Å². The van der Waals surface area contributed by atoms with Crippen molar-refractivity contribution in [2.75, 3.05) is 6.61 Å². The van der Waals surface area contributed by atoms with Gasteiger partial charge in [0.15, 0.2) is 0 Å². The van der Waals surface area contributed by atoms with Gasteiger partial charge in [0, 0.05) is 16.8 Å². The fourth-order valence-corrected chi connectivity index (χ4v) is 2.65. The van der Waals surface area contributed by atoms with Crippen LogP contribution in [0.15, 0.2) is 30.3 Å². The fourth-order valence-electron chi connectivity index (χ4n) is 1.78. The van der Waals surface area contributed by atoms with Gasteiger partial charge in [-0.25, -0.2) is 4.79 Å².